The first kappa shape index (κ1) is 18.6. The Morgan fingerprint density at radius 3 is 2.39 bits per heavy atom. The maximum absolute atomic E-state index is 12.6. The number of ether oxygens (including phenoxy) is 1. The Hall–Kier alpha value is -2.73. The largest absolute Gasteiger partial charge is 0.457 e. The van der Waals surface area contributed by atoms with Crippen molar-refractivity contribution in [3.8, 4) is 17.2 Å². The normalized spacial score (nSPS) is 13.2. The quantitative estimate of drug-likeness (QED) is 0.645. The molecule has 6 heteroatoms. The van der Waals surface area contributed by atoms with Crippen molar-refractivity contribution < 1.29 is 9.53 Å². The summed E-state index contributed by atoms with van der Waals surface area (Å²) < 4.78 is 7.70. The molecule has 0 atom stereocenters. The lowest BCUT2D eigenvalue weighted by Gasteiger charge is -2.19. The summed E-state index contributed by atoms with van der Waals surface area (Å²) in [6.45, 7) is 5.73. The van der Waals surface area contributed by atoms with Crippen molar-refractivity contribution in [2.24, 2.45) is 5.41 Å². The molecule has 2 heterocycles. The lowest BCUT2D eigenvalue weighted by molar-refractivity contribution is -0.123. The second-order valence-electron chi connectivity index (χ2n) is 7.79. The molecule has 28 heavy (non-hydrogen) atoms. The van der Waals surface area contributed by atoms with Gasteiger partial charge in [-0.1, -0.05) is 39.0 Å². The Kier molecular flexibility index (Phi) is 4.89. The molecule has 0 radical (unpaired) electrons. The highest BCUT2D eigenvalue weighted by Gasteiger charge is 2.28. The number of aromatic nitrogens is 2. The van der Waals surface area contributed by atoms with E-state index in [0.29, 0.717) is 0 Å². The summed E-state index contributed by atoms with van der Waals surface area (Å²) in [6.07, 6.45) is 0. The average molecular weight is 394 g/mol. The minimum absolute atomic E-state index is 0.0163. The van der Waals surface area contributed by atoms with E-state index in [1.807, 2.05) is 91.8 Å². The smallest absolute Gasteiger partial charge is 0.230 e. The molecule has 1 N–H and O–H groups in total. The predicted octanol–water partition coefficient (Wildman–Crippen LogP) is 5.40. The van der Waals surface area contributed by atoms with Gasteiger partial charge in [-0.05, 0) is 36.4 Å². The van der Waals surface area contributed by atoms with Crippen LogP contribution in [0.1, 0.15) is 32.0 Å². The molecule has 1 aliphatic heterocycles. The van der Waals surface area contributed by atoms with Gasteiger partial charge >= 0.3 is 0 Å². The predicted molar refractivity (Wildman–Crippen MR) is 113 cm³/mol. The average Bonchev–Trinajstić information content (AvgIpc) is 3.25. The van der Waals surface area contributed by atoms with Crippen LogP contribution in [-0.2, 0) is 16.3 Å². The second kappa shape index (κ2) is 7.36. The summed E-state index contributed by atoms with van der Waals surface area (Å²) in [5.41, 5.74) is 2.58. The van der Waals surface area contributed by atoms with Gasteiger partial charge in [-0.25, -0.2) is 4.68 Å². The molecule has 5 nitrogen and oxygen atoms in total. The molecule has 0 spiro atoms. The number of thioether (sulfide) groups is 1. The minimum Gasteiger partial charge on any atom is -0.457 e. The standard InChI is InChI=1S/C22H23N3O2S/c1-22(2,3)21(26)23-20-18-13-28-14-19(18)24-25(20)15-9-11-17(12-10-15)27-16-7-5-4-6-8-16/h4-12H,13-14H2,1-3H3,(H,23,26). The van der Waals surface area contributed by atoms with E-state index in [1.165, 1.54) is 0 Å². The number of fused-ring (bicyclic) bond motifs is 1. The number of carbonyl (C=O) groups excluding carboxylic acids is 1. The summed E-state index contributed by atoms with van der Waals surface area (Å²) in [7, 11) is 0. The summed E-state index contributed by atoms with van der Waals surface area (Å²) in [4.78, 5) is 12.6. The van der Waals surface area contributed by atoms with Gasteiger partial charge in [0, 0.05) is 22.5 Å². The number of nitrogens with zero attached hydrogens (tertiary/aromatic N) is 2. The van der Waals surface area contributed by atoms with Crippen LogP contribution >= 0.6 is 11.8 Å². The van der Waals surface area contributed by atoms with Gasteiger partial charge in [-0.15, -0.1) is 0 Å². The van der Waals surface area contributed by atoms with Crippen LogP contribution in [-0.4, -0.2) is 15.7 Å². The molecule has 0 bridgehead atoms. The number of hydrogen-bond donors (Lipinski definition) is 1. The van der Waals surface area contributed by atoms with E-state index in [2.05, 4.69) is 5.32 Å². The van der Waals surface area contributed by atoms with E-state index in [1.54, 1.807) is 0 Å². The number of nitrogens with one attached hydrogen (secondary N) is 1. The fourth-order valence-electron chi connectivity index (χ4n) is 2.90. The number of benzene rings is 2. The van der Waals surface area contributed by atoms with Crippen molar-refractivity contribution in [2.45, 2.75) is 32.3 Å². The first-order valence-electron chi connectivity index (χ1n) is 9.25. The van der Waals surface area contributed by atoms with E-state index in [9.17, 15) is 4.79 Å². The molecular formula is C22H23N3O2S. The van der Waals surface area contributed by atoms with Crippen LogP contribution in [0.4, 0.5) is 5.82 Å². The topological polar surface area (TPSA) is 56.2 Å². The van der Waals surface area contributed by atoms with E-state index in [-0.39, 0.29) is 5.91 Å². The fraction of sp³-hybridized carbons (Fsp3) is 0.273. The highest BCUT2D eigenvalue weighted by Crippen LogP contribution is 2.37. The first-order chi connectivity index (χ1) is 13.4. The number of amides is 1. The van der Waals surface area contributed by atoms with Gasteiger partial charge in [0.15, 0.2) is 0 Å². The van der Waals surface area contributed by atoms with Gasteiger partial charge in [-0.2, -0.15) is 16.9 Å². The molecule has 2 aromatic carbocycles. The van der Waals surface area contributed by atoms with Crippen LogP contribution in [0, 0.1) is 5.41 Å². The fourth-order valence-corrected chi connectivity index (χ4v) is 3.94. The summed E-state index contributed by atoms with van der Waals surface area (Å²) in [5.74, 6) is 4.04. The van der Waals surface area contributed by atoms with Crippen LogP contribution in [0.15, 0.2) is 54.6 Å². The minimum atomic E-state index is -0.471. The molecule has 0 saturated carbocycles. The van der Waals surface area contributed by atoms with Crippen molar-refractivity contribution >= 4 is 23.5 Å². The number of anilines is 1. The Labute approximate surface area is 169 Å². The van der Waals surface area contributed by atoms with Gasteiger partial charge in [0.05, 0.1) is 11.4 Å². The van der Waals surface area contributed by atoms with Crippen LogP contribution in [0.2, 0.25) is 0 Å². The molecule has 0 unspecified atom stereocenters. The van der Waals surface area contributed by atoms with E-state index in [0.717, 1.165) is 45.8 Å². The second-order valence-corrected chi connectivity index (χ2v) is 8.78. The van der Waals surface area contributed by atoms with Gasteiger partial charge < -0.3 is 10.1 Å². The summed E-state index contributed by atoms with van der Waals surface area (Å²) in [6, 6.07) is 17.4. The van der Waals surface area contributed by atoms with Crippen LogP contribution in [0.25, 0.3) is 5.69 Å². The zero-order valence-electron chi connectivity index (χ0n) is 16.2. The molecule has 3 aromatic rings. The van der Waals surface area contributed by atoms with Crippen molar-refractivity contribution in [3.05, 3.63) is 65.9 Å². The highest BCUT2D eigenvalue weighted by atomic mass is 32.2. The van der Waals surface area contributed by atoms with Gasteiger partial charge in [0.2, 0.25) is 5.91 Å². The first-order valence-corrected chi connectivity index (χ1v) is 10.4. The van der Waals surface area contributed by atoms with Crippen molar-refractivity contribution in [1.82, 2.24) is 9.78 Å². The van der Waals surface area contributed by atoms with E-state index >= 15 is 0 Å². The Bertz CT molecular complexity index is 989. The Morgan fingerprint density at radius 2 is 1.71 bits per heavy atom. The molecule has 1 amide bonds. The molecular weight excluding hydrogens is 370 g/mol. The third kappa shape index (κ3) is 3.78. The molecule has 0 saturated heterocycles. The number of hydrogen-bond acceptors (Lipinski definition) is 4. The number of para-hydroxylation sites is 1. The molecule has 1 aliphatic rings. The molecule has 4 rings (SSSR count). The van der Waals surface area contributed by atoms with Crippen LogP contribution in [0.3, 0.4) is 0 Å². The van der Waals surface area contributed by atoms with Crippen LogP contribution in [0.5, 0.6) is 11.5 Å². The molecule has 0 aliphatic carbocycles. The molecule has 0 fully saturated rings. The lowest BCUT2D eigenvalue weighted by atomic mass is 9.95. The SMILES string of the molecule is CC(C)(C)C(=O)Nc1c2c(nn1-c1ccc(Oc3ccccc3)cc1)CSC2. The maximum Gasteiger partial charge on any atom is 0.230 e. The van der Waals surface area contributed by atoms with E-state index in [4.69, 9.17) is 9.84 Å². The number of rotatable bonds is 4. The highest BCUT2D eigenvalue weighted by molar-refractivity contribution is 7.98. The maximum atomic E-state index is 12.6. The Balaban J connectivity index is 1.63. The Morgan fingerprint density at radius 1 is 1.04 bits per heavy atom. The third-order valence-corrected chi connectivity index (χ3v) is 5.50. The lowest BCUT2D eigenvalue weighted by Crippen LogP contribution is -2.29. The van der Waals surface area contributed by atoms with Crippen molar-refractivity contribution in [2.75, 3.05) is 5.32 Å². The zero-order valence-corrected chi connectivity index (χ0v) is 17.0. The monoisotopic (exact) mass is 393 g/mol. The zero-order chi connectivity index (χ0) is 19.7. The molecule has 144 valence electrons. The summed E-state index contributed by atoms with van der Waals surface area (Å²) >= 11 is 1.82. The van der Waals surface area contributed by atoms with Gasteiger partial charge in [-0.3, -0.25) is 4.79 Å². The van der Waals surface area contributed by atoms with Crippen molar-refractivity contribution in [1.29, 1.82) is 0 Å². The number of carbonyl (C=O) groups is 1. The van der Waals surface area contributed by atoms with Gasteiger partial charge in [0.25, 0.3) is 0 Å². The third-order valence-electron chi connectivity index (χ3n) is 4.53. The van der Waals surface area contributed by atoms with Crippen molar-refractivity contribution in [3.63, 3.8) is 0 Å². The molecule has 1 aromatic heterocycles. The van der Waals surface area contributed by atoms with Gasteiger partial charge in [0.1, 0.15) is 17.3 Å². The van der Waals surface area contributed by atoms with Crippen LogP contribution < -0.4 is 10.1 Å². The van der Waals surface area contributed by atoms with E-state index < -0.39 is 5.41 Å². The summed E-state index contributed by atoms with van der Waals surface area (Å²) in [5, 5.41) is 7.85.